The number of halogens is 1. The molecule has 2 N–H and O–H groups in total. The standard InChI is InChI=1S/C10H15FN2/c1-6(2)10(12)9-5-4-8(11)7(3)13-9/h4-6,10H,12H2,1-3H3. The minimum absolute atomic E-state index is 0.112. The molecule has 1 aromatic rings. The Morgan fingerprint density at radius 1 is 1.38 bits per heavy atom. The van der Waals surface area contributed by atoms with Crippen LogP contribution in [0.15, 0.2) is 12.1 Å². The van der Waals surface area contributed by atoms with Gasteiger partial charge in [-0.25, -0.2) is 4.39 Å². The number of aryl methyl sites for hydroxylation is 1. The molecule has 1 heterocycles. The number of pyridine rings is 1. The molecule has 0 radical (unpaired) electrons. The highest BCUT2D eigenvalue weighted by Gasteiger charge is 2.12. The van der Waals surface area contributed by atoms with Crippen molar-refractivity contribution in [1.82, 2.24) is 4.98 Å². The Morgan fingerprint density at radius 2 is 2.00 bits per heavy atom. The number of nitrogens with two attached hydrogens (primary N) is 1. The summed E-state index contributed by atoms with van der Waals surface area (Å²) < 4.78 is 12.9. The Bertz CT molecular complexity index is 297. The van der Waals surface area contributed by atoms with Crippen LogP contribution in [0.5, 0.6) is 0 Å². The molecule has 0 aliphatic heterocycles. The number of nitrogens with zero attached hydrogens (tertiary/aromatic N) is 1. The van der Waals surface area contributed by atoms with Gasteiger partial charge < -0.3 is 5.73 Å². The van der Waals surface area contributed by atoms with Crippen molar-refractivity contribution in [2.24, 2.45) is 11.7 Å². The van der Waals surface area contributed by atoms with Crippen molar-refractivity contribution in [3.8, 4) is 0 Å². The van der Waals surface area contributed by atoms with Crippen molar-refractivity contribution in [1.29, 1.82) is 0 Å². The molecule has 0 saturated heterocycles. The van der Waals surface area contributed by atoms with Crippen molar-refractivity contribution in [2.75, 3.05) is 0 Å². The first-order valence-electron chi connectivity index (χ1n) is 4.41. The van der Waals surface area contributed by atoms with E-state index in [4.69, 9.17) is 5.73 Å². The third-order valence-electron chi connectivity index (χ3n) is 2.10. The van der Waals surface area contributed by atoms with Gasteiger partial charge in [-0.2, -0.15) is 0 Å². The van der Waals surface area contributed by atoms with Gasteiger partial charge in [-0.05, 0) is 25.0 Å². The van der Waals surface area contributed by atoms with Crippen LogP contribution in [0.25, 0.3) is 0 Å². The van der Waals surface area contributed by atoms with Crippen LogP contribution in [0.1, 0.15) is 31.3 Å². The number of rotatable bonds is 2. The highest BCUT2D eigenvalue weighted by Crippen LogP contribution is 2.17. The molecule has 1 aromatic heterocycles. The molecule has 1 unspecified atom stereocenters. The van der Waals surface area contributed by atoms with Crippen LogP contribution < -0.4 is 5.73 Å². The lowest BCUT2D eigenvalue weighted by atomic mass is 10.0. The fraction of sp³-hybridized carbons (Fsp3) is 0.500. The molecule has 1 rings (SSSR count). The van der Waals surface area contributed by atoms with Gasteiger partial charge in [0.25, 0.3) is 0 Å². The lowest BCUT2D eigenvalue weighted by molar-refractivity contribution is 0.498. The van der Waals surface area contributed by atoms with E-state index in [1.165, 1.54) is 6.07 Å². The Labute approximate surface area is 78.0 Å². The summed E-state index contributed by atoms with van der Waals surface area (Å²) in [4.78, 5) is 4.09. The fourth-order valence-corrected chi connectivity index (χ4v) is 1.09. The topological polar surface area (TPSA) is 38.9 Å². The Balaban J connectivity index is 2.97. The van der Waals surface area contributed by atoms with E-state index >= 15 is 0 Å². The minimum Gasteiger partial charge on any atom is -0.322 e. The van der Waals surface area contributed by atoms with Gasteiger partial charge in [0, 0.05) is 6.04 Å². The van der Waals surface area contributed by atoms with Crippen LogP contribution in [0.4, 0.5) is 4.39 Å². The molecule has 0 aliphatic carbocycles. The lowest BCUT2D eigenvalue weighted by Gasteiger charge is -2.15. The summed E-state index contributed by atoms with van der Waals surface area (Å²) in [5.41, 5.74) is 7.04. The molecule has 0 fully saturated rings. The maximum absolute atomic E-state index is 12.9. The first-order chi connectivity index (χ1) is 6.02. The van der Waals surface area contributed by atoms with Crippen LogP contribution in [-0.4, -0.2) is 4.98 Å². The van der Waals surface area contributed by atoms with Crippen molar-refractivity contribution >= 4 is 0 Å². The minimum atomic E-state index is -0.278. The average Bonchev–Trinajstić information content (AvgIpc) is 2.08. The maximum Gasteiger partial charge on any atom is 0.144 e. The molecule has 0 bridgehead atoms. The first-order valence-corrected chi connectivity index (χ1v) is 4.41. The molecule has 3 heteroatoms. The molecule has 0 spiro atoms. The van der Waals surface area contributed by atoms with Gasteiger partial charge in [-0.15, -0.1) is 0 Å². The predicted molar refractivity (Wildman–Crippen MR) is 50.7 cm³/mol. The van der Waals surface area contributed by atoms with Gasteiger partial charge in [0.15, 0.2) is 0 Å². The van der Waals surface area contributed by atoms with Crippen LogP contribution >= 0.6 is 0 Å². The SMILES string of the molecule is Cc1nc(C(N)C(C)C)ccc1F. The molecule has 13 heavy (non-hydrogen) atoms. The van der Waals surface area contributed by atoms with Gasteiger partial charge in [-0.1, -0.05) is 13.8 Å². The zero-order chi connectivity index (χ0) is 10.0. The summed E-state index contributed by atoms with van der Waals surface area (Å²) in [5.74, 6) is 0.0390. The number of hydrogen-bond acceptors (Lipinski definition) is 2. The van der Waals surface area contributed by atoms with E-state index < -0.39 is 0 Å². The first kappa shape index (κ1) is 10.1. The van der Waals surface area contributed by atoms with Crippen molar-refractivity contribution in [3.05, 3.63) is 29.3 Å². The highest BCUT2D eigenvalue weighted by molar-refractivity contribution is 5.15. The molecule has 1 atom stereocenters. The Morgan fingerprint density at radius 3 is 2.46 bits per heavy atom. The molecule has 72 valence electrons. The van der Waals surface area contributed by atoms with Crippen LogP contribution in [-0.2, 0) is 0 Å². The zero-order valence-electron chi connectivity index (χ0n) is 8.21. The molecular weight excluding hydrogens is 167 g/mol. The molecule has 0 aliphatic rings. The predicted octanol–water partition coefficient (Wildman–Crippen LogP) is 2.18. The van der Waals surface area contributed by atoms with Crippen molar-refractivity contribution in [2.45, 2.75) is 26.8 Å². The second-order valence-electron chi connectivity index (χ2n) is 3.57. The zero-order valence-corrected chi connectivity index (χ0v) is 8.21. The molecule has 2 nitrogen and oxygen atoms in total. The van der Waals surface area contributed by atoms with Gasteiger partial charge in [0.05, 0.1) is 11.4 Å². The summed E-state index contributed by atoms with van der Waals surface area (Å²) in [6.45, 7) is 5.68. The highest BCUT2D eigenvalue weighted by atomic mass is 19.1. The molecule has 0 saturated carbocycles. The van der Waals surface area contributed by atoms with Crippen molar-refractivity contribution in [3.63, 3.8) is 0 Å². The second kappa shape index (κ2) is 3.83. The monoisotopic (exact) mass is 182 g/mol. The normalized spacial score (nSPS) is 13.4. The second-order valence-corrected chi connectivity index (χ2v) is 3.57. The van der Waals surface area contributed by atoms with Gasteiger partial charge in [0.2, 0.25) is 0 Å². The lowest BCUT2D eigenvalue weighted by Crippen LogP contribution is -2.18. The molecular formula is C10H15FN2. The van der Waals surface area contributed by atoms with E-state index in [9.17, 15) is 4.39 Å². The smallest absolute Gasteiger partial charge is 0.144 e. The quantitative estimate of drug-likeness (QED) is 0.761. The van der Waals surface area contributed by atoms with E-state index in [-0.39, 0.29) is 11.9 Å². The van der Waals surface area contributed by atoms with E-state index in [1.807, 2.05) is 13.8 Å². The number of hydrogen-bond donors (Lipinski definition) is 1. The Kier molecular flexibility index (Phi) is 2.98. The Hall–Kier alpha value is -0.960. The van der Waals surface area contributed by atoms with E-state index in [1.54, 1.807) is 13.0 Å². The van der Waals surface area contributed by atoms with Gasteiger partial charge in [0.1, 0.15) is 5.82 Å². The fourth-order valence-electron chi connectivity index (χ4n) is 1.09. The third-order valence-corrected chi connectivity index (χ3v) is 2.10. The summed E-state index contributed by atoms with van der Waals surface area (Å²) in [7, 11) is 0. The third kappa shape index (κ3) is 2.25. The van der Waals surface area contributed by atoms with Gasteiger partial charge in [-0.3, -0.25) is 4.98 Å². The maximum atomic E-state index is 12.9. The summed E-state index contributed by atoms with van der Waals surface area (Å²) >= 11 is 0. The molecule has 0 aromatic carbocycles. The van der Waals surface area contributed by atoms with Gasteiger partial charge >= 0.3 is 0 Å². The number of aromatic nitrogens is 1. The van der Waals surface area contributed by atoms with E-state index in [2.05, 4.69) is 4.98 Å². The van der Waals surface area contributed by atoms with Crippen LogP contribution in [0.3, 0.4) is 0 Å². The largest absolute Gasteiger partial charge is 0.322 e. The summed E-state index contributed by atoms with van der Waals surface area (Å²) in [6.07, 6.45) is 0. The molecule has 0 amide bonds. The van der Waals surface area contributed by atoms with Crippen molar-refractivity contribution < 1.29 is 4.39 Å². The van der Waals surface area contributed by atoms with Crippen LogP contribution in [0, 0.1) is 18.7 Å². The summed E-state index contributed by atoms with van der Waals surface area (Å²) in [6, 6.07) is 2.95. The average molecular weight is 182 g/mol. The van der Waals surface area contributed by atoms with E-state index in [0.717, 1.165) is 5.69 Å². The van der Waals surface area contributed by atoms with E-state index in [0.29, 0.717) is 11.6 Å². The summed E-state index contributed by atoms with van der Waals surface area (Å²) in [5, 5.41) is 0. The van der Waals surface area contributed by atoms with Crippen LogP contribution in [0.2, 0.25) is 0 Å².